The van der Waals surface area contributed by atoms with Crippen LogP contribution in [0.25, 0.3) is 0 Å². The van der Waals surface area contributed by atoms with Gasteiger partial charge in [-0.05, 0) is 369 Å². The Labute approximate surface area is 961 Å². The molecule has 0 heterocycles. The van der Waals surface area contributed by atoms with E-state index in [-0.39, 0.29) is 133 Å². The molecule has 0 aliphatic rings. The fourth-order valence-corrected chi connectivity index (χ4v) is 13.8. The SMILES string of the molecule is [2H]C([2H])([2H])Oc1cc(CCCCC(O)COc2cccc(C)c2)ccc1OC.[2H]C([2H])([2H])Oc1ccc(C([2H])([2H])C([2H])([2H])CC([2H])([2H])C([2H])(O)C([2H])([2H])Oc2cccc(C)c2)cc1OC([2H])([2H])[2H].[2H]C([2H])([2H])Oc1ccc(C([2H])([2H])C([2H])([2H])CCC(O)COc2cccc(C)c2)cc1OC([2H])([2H])[2H].[2H]C([2H])([2H])Oc1ccc(CCCCC(O)COc2cccc(C)c2)cc1OC.[2H]C([2H])([2H])c1cccc(OC([2H])([2H])C([2H])(O)C([2H])([2H])CCCc2ccc(OC)c(OC)c2)c1.[2H]c1c([2H])c(C)c([2H])c(OCC(O)CCCCc2ccc(OC([2H])([2H])[2H])c(OC([2H])([2H])[2H])c2)c1[2H]. The van der Waals surface area contributed by atoms with E-state index in [0.29, 0.717) is 90.9 Å². The van der Waals surface area contributed by atoms with Crippen LogP contribution >= 0.6 is 0 Å². The van der Waals surface area contributed by atoms with Crippen LogP contribution < -0.4 is 85.3 Å². The molecule has 0 fully saturated rings. The Bertz CT molecular complexity index is 7970. The van der Waals surface area contributed by atoms with Crippen LogP contribution in [0, 0.1) is 41.5 Å². The lowest BCUT2D eigenvalue weighted by Gasteiger charge is -2.13. The lowest BCUT2D eigenvalue weighted by Crippen LogP contribution is -2.17. The van der Waals surface area contributed by atoms with E-state index >= 15 is 0 Å². The van der Waals surface area contributed by atoms with Crippen molar-refractivity contribution in [3.63, 3.8) is 0 Å². The molecular weight excluding hydrogens is 1900 g/mol. The average Bonchev–Trinajstić information content (AvgIpc) is 0.735. The van der Waals surface area contributed by atoms with Crippen molar-refractivity contribution in [2.75, 3.05) is 124 Å². The first-order chi connectivity index (χ1) is 91.4. The summed E-state index contributed by atoms with van der Waals surface area (Å²) in [6, 6.07) is 58.0. The van der Waals surface area contributed by atoms with Crippen molar-refractivity contribution in [3.8, 4) is 103 Å². The molecule has 12 aromatic rings. The smallest absolute Gasteiger partial charge is 0.160 e. The lowest BCUT2D eigenvalue weighted by atomic mass is 10.0. The number of ether oxygens (including phenoxy) is 18. The third kappa shape index (κ3) is 49.5. The van der Waals surface area contributed by atoms with Crippen molar-refractivity contribution in [3.05, 3.63) is 321 Å². The molecule has 0 saturated carbocycles. The molecule has 150 heavy (non-hydrogen) atoms. The van der Waals surface area contributed by atoms with E-state index in [2.05, 4.69) is 4.74 Å². The summed E-state index contributed by atoms with van der Waals surface area (Å²) < 4.78 is 467. The van der Waals surface area contributed by atoms with Gasteiger partial charge in [0.05, 0.1) is 168 Å². The molecule has 0 amide bonds. The predicted molar refractivity (Wildman–Crippen MR) is 599 cm³/mol. The molecule has 6 unspecified atom stereocenters. The Morgan fingerprint density at radius 2 is 0.527 bits per heavy atom. The first-order valence-corrected chi connectivity index (χ1v) is 47.9. The number of aliphatic hydroxyl groups is 6. The van der Waals surface area contributed by atoms with Gasteiger partial charge in [-0.15, -0.1) is 0 Å². The van der Waals surface area contributed by atoms with Crippen LogP contribution in [0.1, 0.15) is 249 Å². The predicted octanol–water partition coefficient (Wildman–Crippen LogP) is 25.0. The molecule has 6 atom stereocenters. The number of aryl methyl sites for hydroxylation is 11. The zero-order valence-corrected chi connectivity index (χ0v) is 85.3. The molecule has 0 saturated heterocycles. The highest BCUT2D eigenvalue weighted by Gasteiger charge is 2.18. The number of methoxy groups -OCH3 is 12. The van der Waals surface area contributed by atoms with Crippen LogP contribution in [0.15, 0.2) is 255 Å². The summed E-state index contributed by atoms with van der Waals surface area (Å²) in [6.45, 7) is 0.223. The molecule has 0 radical (unpaired) electrons. The van der Waals surface area contributed by atoms with E-state index in [9.17, 15) is 30.6 Å². The van der Waals surface area contributed by atoms with Crippen molar-refractivity contribution < 1.29 is 183 Å². The van der Waals surface area contributed by atoms with Gasteiger partial charge in [0.2, 0.25) is 0 Å². The molecule has 6 N–H and O–H groups in total. The number of unbranched alkanes of at least 4 members (excludes halogenated alkanes) is 3. The summed E-state index contributed by atoms with van der Waals surface area (Å²) >= 11 is 0. The maximum absolute atomic E-state index is 10.7. The molecule has 0 aromatic heterocycles. The Kier molecular flexibility index (Phi) is 33.0. The fraction of sp³-hybridized carbons (Fsp3) is 0.429. The fourth-order valence-electron chi connectivity index (χ4n) is 13.8. The molecule has 816 valence electrons. The van der Waals surface area contributed by atoms with Crippen LogP contribution in [0.2, 0.25) is 0 Å². The van der Waals surface area contributed by atoms with Crippen molar-refractivity contribution >= 4 is 0 Å². The van der Waals surface area contributed by atoms with Gasteiger partial charge in [0, 0.05) is 20.6 Å². The maximum atomic E-state index is 10.7. The molecule has 12 rings (SSSR count). The zero-order chi connectivity index (χ0) is 151. The molecule has 0 aliphatic heterocycles. The Hall–Kier alpha value is -13.2. The summed E-state index contributed by atoms with van der Waals surface area (Å²) in [5, 5.41) is 61.8. The van der Waals surface area contributed by atoms with Gasteiger partial charge < -0.3 is 116 Å². The minimum absolute atomic E-state index is 0.109. The third-order valence-electron chi connectivity index (χ3n) is 21.6. The van der Waals surface area contributed by atoms with E-state index in [4.69, 9.17) is 148 Å². The highest BCUT2D eigenvalue weighted by molar-refractivity contribution is 5.48. The molecule has 24 nitrogen and oxygen atoms in total. The molecule has 0 spiro atoms. The summed E-state index contributed by atoms with van der Waals surface area (Å²) in [5.74, 6) is 1.02. The van der Waals surface area contributed by atoms with Gasteiger partial charge in [-0.2, -0.15) is 0 Å². The van der Waals surface area contributed by atoms with Gasteiger partial charge >= 0.3 is 0 Å². The molecular formula is C126H168O24. The summed E-state index contributed by atoms with van der Waals surface area (Å²) in [4.78, 5) is 0. The quantitative estimate of drug-likeness (QED) is 0.0193. The number of hydrogen-bond donors (Lipinski definition) is 6. The zero-order valence-electron chi connectivity index (χ0n) is 134. The standard InChI is InChI=1S/6C21H28O4/c6*1-16-7-6-10-19(13-16)25-15-18(22)9-5-4-8-17-11-12-20(23-2)21(14-17)24-3/h6*6-7,10-14,18,22H,4-5,8-9,15H2,1-3H3/i2D3,3D3,4D2,8D2,9D2,15D2,18D;2D3,3D3,6D,7D,10D,13D;2D3,3D3,4D2,8D2;1D3,9D2,15D2,18D;3D3;2D3. The van der Waals surface area contributed by atoms with E-state index in [1.807, 2.05) is 87.5 Å². The van der Waals surface area contributed by atoms with E-state index in [0.717, 1.165) is 120 Å². The lowest BCUT2D eigenvalue weighted by molar-refractivity contribution is 0.0976. The average molecular weight is 2120 g/mol. The Morgan fingerprint density at radius 3 is 0.853 bits per heavy atom. The minimum atomic E-state index is -3.76. The maximum Gasteiger partial charge on any atom is 0.160 e. The second-order valence-electron chi connectivity index (χ2n) is 33.6. The molecule has 0 aliphatic carbocycles. The van der Waals surface area contributed by atoms with Crippen molar-refractivity contribution in [2.45, 2.75) is 232 Å². The van der Waals surface area contributed by atoms with Crippen molar-refractivity contribution in [1.29, 1.82) is 0 Å². The molecule has 24 heteroatoms. The van der Waals surface area contributed by atoms with Crippen molar-refractivity contribution in [1.82, 2.24) is 0 Å². The summed E-state index contributed by atoms with van der Waals surface area (Å²) in [5.41, 5.74) is 6.55. The first kappa shape index (κ1) is 68.6. The van der Waals surface area contributed by atoms with E-state index < -0.39 is 186 Å². The van der Waals surface area contributed by atoms with E-state index in [1.165, 1.54) is 83.9 Å². The van der Waals surface area contributed by atoms with Gasteiger partial charge in [-0.3, -0.25) is 0 Å². The van der Waals surface area contributed by atoms with E-state index in [1.54, 1.807) is 79.7 Å². The highest BCUT2D eigenvalue weighted by atomic mass is 16.5. The third-order valence-corrected chi connectivity index (χ3v) is 21.6. The van der Waals surface area contributed by atoms with Gasteiger partial charge in [0.15, 0.2) is 69.0 Å². The largest absolute Gasteiger partial charge is 0.493 e. The molecule has 0 bridgehead atoms. The number of aliphatic hydroxyl groups excluding tert-OH is 4. The van der Waals surface area contributed by atoms with Gasteiger partial charge in [0.1, 0.15) is 74.0 Å². The first-order valence-electron chi connectivity index (χ1n) is 72.4. The number of benzene rings is 12. The Morgan fingerprint density at radius 1 is 0.260 bits per heavy atom. The second kappa shape index (κ2) is 72.3. The molecule has 12 aromatic carbocycles. The second-order valence-corrected chi connectivity index (χ2v) is 33.6. The number of hydrogen-bond acceptors (Lipinski definition) is 24. The van der Waals surface area contributed by atoms with Crippen LogP contribution in [0.5, 0.6) is 103 Å². The highest BCUT2D eigenvalue weighted by Crippen LogP contribution is 2.36. The minimum Gasteiger partial charge on any atom is -0.493 e. The summed E-state index contributed by atoms with van der Waals surface area (Å²) in [7, 11) is -16.7. The van der Waals surface area contributed by atoms with Gasteiger partial charge in [-0.1, -0.05) is 148 Å². The van der Waals surface area contributed by atoms with Gasteiger partial charge in [0.25, 0.3) is 0 Å². The van der Waals surface area contributed by atoms with Crippen LogP contribution in [-0.2, 0) is 38.4 Å². The van der Waals surface area contributed by atoms with Crippen LogP contribution in [0.3, 0.4) is 0 Å². The monoisotopic (exact) mass is 2110 g/mol. The van der Waals surface area contributed by atoms with Gasteiger partial charge in [-0.25, -0.2) is 0 Å². The van der Waals surface area contributed by atoms with Crippen molar-refractivity contribution in [2.24, 2.45) is 0 Å². The van der Waals surface area contributed by atoms with Crippen LogP contribution in [-0.4, -0.2) is 192 Å². The Balaban J connectivity index is 0.000000318. The normalized spacial score (nSPS) is 18.6. The van der Waals surface area contributed by atoms with Crippen LogP contribution in [0.4, 0.5) is 0 Å². The topological polar surface area (TPSA) is 288 Å². The number of rotatable bonds is 60. The summed E-state index contributed by atoms with van der Waals surface area (Å²) in [6.07, 6.45) is -21.3.